The summed E-state index contributed by atoms with van der Waals surface area (Å²) in [6, 6.07) is 1.94. The van der Waals surface area contributed by atoms with E-state index < -0.39 is 0 Å². The van der Waals surface area contributed by atoms with E-state index in [9.17, 15) is 4.79 Å². The molecule has 17 heavy (non-hydrogen) atoms. The van der Waals surface area contributed by atoms with Crippen LogP contribution in [0.4, 0.5) is 0 Å². The van der Waals surface area contributed by atoms with Gasteiger partial charge in [-0.1, -0.05) is 0 Å². The normalized spacial score (nSPS) is 18.3. The molecule has 0 saturated carbocycles. The zero-order valence-electron chi connectivity index (χ0n) is 9.69. The van der Waals surface area contributed by atoms with E-state index in [0.29, 0.717) is 6.61 Å². The monoisotopic (exact) mass is 230 g/mol. The molecule has 0 radical (unpaired) electrons. The summed E-state index contributed by atoms with van der Waals surface area (Å²) in [5.74, 6) is -0.247. The largest absolute Gasteiger partial charge is 0.465 e. The van der Waals surface area contributed by atoms with Gasteiger partial charge in [-0.2, -0.15) is 0 Å². The SMILES string of the molecule is CCOC(=O)C1CCc2c1[nH]c1ccncc21. The zero-order valence-corrected chi connectivity index (χ0v) is 9.69. The van der Waals surface area contributed by atoms with Gasteiger partial charge in [0, 0.05) is 29.0 Å². The Bertz CT molecular complexity index is 574. The van der Waals surface area contributed by atoms with Crippen molar-refractivity contribution in [3.8, 4) is 0 Å². The minimum Gasteiger partial charge on any atom is -0.465 e. The van der Waals surface area contributed by atoms with Gasteiger partial charge in [0.05, 0.1) is 12.5 Å². The molecule has 0 saturated heterocycles. The molecule has 0 aliphatic heterocycles. The van der Waals surface area contributed by atoms with Gasteiger partial charge in [-0.25, -0.2) is 0 Å². The van der Waals surface area contributed by atoms with Crippen LogP contribution in [0.25, 0.3) is 10.9 Å². The van der Waals surface area contributed by atoms with Gasteiger partial charge in [-0.05, 0) is 31.4 Å². The van der Waals surface area contributed by atoms with Crippen LogP contribution in [0.5, 0.6) is 0 Å². The van der Waals surface area contributed by atoms with E-state index in [0.717, 1.165) is 29.4 Å². The summed E-state index contributed by atoms with van der Waals surface area (Å²) in [7, 11) is 0. The molecule has 1 unspecified atom stereocenters. The molecule has 4 heteroatoms. The molecular formula is C13H14N2O2. The fourth-order valence-electron chi connectivity index (χ4n) is 2.59. The Morgan fingerprint density at radius 2 is 2.53 bits per heavy atom. The van der Waals surface area contributed by atoms with E-state index in [-0.39, 0.29) is 11.9 Å². The summed E-state index contributed by atoms with van der Waals surface area (Å²) in [5.41, 5.74) is 3.30. The van der Waals surface area contributed by atoms with Crippen molar-refractivity contribution in [2.75, 3.05) is 6.61 Å². The lowest BCUT2D eigenvalue weighted by Crippen LogP contribution is -2.13. The van der Waals surface area contributed by atoms with Crippen molar-refractivity contribution in [3.63, 3.8) is 0 Å². The number of rotatable bonds is 2. The minimum atomic E-state index is -0.127. The summed E-state index contributed by atoms with van der Waals surface area (Å²) in [4.78, 5) is 19.3. The van der Waals surface area contributed by atoms with Crippen LogP contribution in [0, 0.1) is 0 Å². The Balaban J connectivity index is 2.05. The number of esters is 1. The molecule has 88 valence electrons. The van der Waals surface area contributed by atoms with E-state index in [4.69, 9.17) is 4.74 Å². The molecule has 0 aromatic carbocycles. The highest BCUT2D eigenvalue weighted by atomic mass is 16.5. The number of aromatic nitrogens is 2. The number of ether oxygens (including phenoxy) is 1. The molecule has 2 heterocycles. The summed E-state index contributed by atoms with van der Waals surface area (Å²) < 4.78 is 5.10. The van der Waals surface area contributed by atoms with Gasteiger partial charge >= 0.3 is 5.97 Å². The van der Waals surface area contributed by atoms with Gasteiger partial charge in [-0.15, -0.1) is 0 Å². The standard InChI is InChI=1S/C13H14N2O2/c1-2-17-13(16)9-4-3-8-10-7-14-6-5-11(10)15-12(8)9/h5-7,9,15H,2-4H2,1H3. The van der Waals surface area contributed by atoms with Gasteiger partial charge in [0.2, 0.25) is 0 Å². The van der Waals surface area contributed by atoms with Crippen LogP contribution in [0.3, 0.4) is 0 Å². The fourth-order valence-corrected chi connectivity index (χ4v) is 2.59. The third-order valence-electron chi connectivity index (χ3n) is 3.34. The number of nitrogens with one attached hydrogen (secondary N) is 1. The highest BCUT2D eigenvalue weighted by Gasteiger charge is 2.32. The molecule has 3 rings (SSSR count). The van der Waals surface area contributed by atoms with Crippen LogP contribution in [-0.4, -0.2) is 22.5 Å². The topological polar surface area (TPSA) is 55.0 Å². The molecule has 2 aromatic heterocycles. The third kappa shape index (κ3) is 1.52. The fraction of sp³-hybridized carbons (Fsp3) is 0.385. The Morgan fingerprint density at radius 1 is 1.65 bits per heavy atom. The highest BCUT2D eigenvalue weighted by Crippen LogP contribution is 2.37. The maximum absolute atomic E-state index is 11.8. The predicted molar refractivity (Wildman–Crippen MR) is 63.8 cm³/mol. The van der Waals surface area contributed by atoms with Crippen molar-refractivity contribution in [1.29, 1.82) is 0 Å². The number of fused-ring (bicyclic) bond motifs is 3. The quantitative estimate of drug-likeness (QED) is 0.804. The molecule has 2 aromatic rings. The van der Waals surface area contributed by atoms with E-state index in [1.807, 2.05) is 19.2 Å². The van der Waals surface area contributed by atoms with Crippen molar-refractivity contribution >= 4 is 16.9 Å². The average molecular weight is 230 g/mol. The summed E-state index contributed by atoms with van der Waals surface area (Å²) in [5, 5.41) is 1.13. The second-order valence-electron chi connectivity index (χ2n) is 4.28. The summed E-state index contributed by atoms with van der Waals surface area (Å²) >= 11 is 0. The number of aromatic amines is 1. The van der Waals surface area contributed by atoms with Gasteiger partial charge in [0.1, 0.15) is 0 Å². The molecule has 0 fully saturated rings. The highest BCUT2D eigenvalue weighted by molar-refractivity contribution is 5.89. The van der Waals surface area contributed by atoms with Crippen molar-refractivity contribution < 1.29 is 9.53 Å². The van der Waals surface area contributed by atoms with Gasteiger partial charge < -0.3 is 9.72 Å². The maximum Gasteiger partial charge on any atom is 0.314 e. The van der Waals surface area contributed by atoms with Crippen molar-refractivity contribution in [1.82, 2.24) is 9.97 Å². The first-order valence-corrected chi connectivity index (χ1v) is 5.92. The van der Waals surface area contributed by atoms with Gasteiger partial charge in [0.25, 0.3) is 0 Å². The third-order valence-corrected chi connectivity index (χ3v) is 3.34. The lowest BCUT2D eigenvalue weighted by atomic mass is 10.1. The van der Waals surface area contributed by atoms with Gasteiger partial charge in [-0.3, -0.25) is 9.78 Å². The molecule has 1 atom stereocenters. The van der Waals surface area contributed by atoms with E-state index >= 15 is 0 Å². The number of pyridine rings is 1. The maximum atomic E-state index is 11.8. The first-order valence-electron chi connectivity index (χ1n) is 5.92. The molecule has 4 nitrogen and oxygen atoms in total. The minimum absolute atomic E-state index is 0.120. The van der Waals surface area contributed by atoms with Crippen LogP contribution < -0.4 is 0 Å². The number of H-pyrrole nitrogens is 1. The number of aryl methyl sites for hydroxylation is 1. The van der Waals surface area contributed by atoms with Gasteiger partial charge in [0.15, 0.2) is 0 Å². The Labute approximate surface area is 99.0 Å². The van der Waals surface area contributed by atoms with Crippen molar-refractivity contribution in [3.05, 3.63) is 29.7 Å². The smallest absolute Gasteiger partial charge is 0.314 e. The van der Waals surface area contributed by atoms with Crippen molar-refractivity contribution in [2.24, 2.45) is 0 Å². The molecule has 1 aliphatic carbocycles. The lowest BCUT2D eigenvalue weighted by Gasteiger charge is -2.08. The number of carbonyl (C=O) groups is 1. The zero-order chi connectivity index (χ0) is 11.8. The first-order chi connectivity index (χ1) is 8.31. The molecule has 1 N–H and O–H groups in total. The second kappa shape index (κ2) is 3.87. The van der Waals surface area contributed by atoms with Crippen LogP contribution in [0.15, 0.2) is 18.5 Å². The number of nitrogens with zero attached hydrogens (tertiary/aromatic N) is 1. The van der Waals surface area contributed by atoms with Crippen LogP contribution in [0.1, 0.15) is 30.5 Å². The molecule has 0 bridgehead atoms. The first kappa shape index (κ1) is 10.3. The van der Waals surface area contributed by atoms with Crippen LogP contribution >= 0.6 is 0 Å². The molecule has 1 aliphatic rings. The molecular weight excluding hydrogens is 216 g/mol. The Kier molecular flexibility index (Phi) is 2.35. The van der Waals surface area contributed by atoms with E-state index in [1.165, 1.54) is 5.56 Å². The lowest BCUT2D eigenvalue weighted by molar-refractivity contribution is -0.144. The Hall–Kier alpha value is -1.84. The number of hydrogen-bond acceptors (Lipinski definition) is 3. The average Bonchev–Trinajstić information content (AvgIpc) is 2.87. The summed E-state index contributed by atoms with van der Waals surface area (Å²) in [6.45, 7) is 2.27. The number of hydrogen-bond donors (Lipinski definition) is 1. The molecule has 0 spiro atoms. The van der Waals surface area contributed by atoms with Crippen LogP contribution in [-0.2, 0) is 16.0 Å². The van der Waals surface area contributed by atoms with E-state index in [2.05, 4.69) is 9.97 Å². The van der Waals surface area contributed by atoms with Crippen LogP contribution in [0.2, 0.25) is 0 Å². The number of carbonyl (C=O) groups excluding carboxylic acids is 1. The molecule has 0 amide bonds. The van der Waals surface area contributed by atoms with E-state index in [1.54, 1.807) is 6.20 Å². The Morgan fingerprint density at radius 3 is 3.35 bits per heavy atom. The predicted octanol–water partition coefficient (Wildman–Crippen LogP) is 2.16. The van der Waals surface area contributed by atoms with Crippen molar-refractivity contribution in [2.45, 2.75) is 25.7 Å². The summed E-state index contributed by atoms with van der Waals surface area (Å²) in [6.07, 6.45) is 5.38. The second-order valence-corrected chi connectivity index (χ2v) is 4.28.